The minimum Gasteiger partial charge on any atom is -0.315 e. The molecule has 186 valence electrons. The molecular formula is C29H28N6O2. The molecule has 0 aliphatic carbocycles. The van der Waals surface area contributed by atoms with Gasteiger partial charge in [0.25, 0.3) is 0 Å². The standard InChI is InChI=1S/C29H28N6O2/c1-2-3-17-34(29(37)31-24-14-10-11-22(18-24)20-30)21-28(36)32-27-19-26(23-12-6-4-7-13-23)33-35(27)25-15-8-5-9-16-25/h4-16,18-19H,2-3,17,21H2,1H3,(H,31,37)(H,32,36). The van der Waals surface area contributed by atoms with Gasteiger partial charge in [0.2, 0.25) is 5.91 Å². The molecule has 4 aromatic rings. The number of nitriles is 1. The summed E-state index contributed by atoms with van der Waals surface area (Å²) in [5.74, 6) is 0.168. The van der Waals surface area contributed by atoms with Gasteiger partial charge in [0.1, 0.15) is 12.4 Å². The molecule has 37 heavy (non-hydrogen) atoms. The molecule has 3 amide bonds. The number of nitrogens with one attached hydrogen (secondary N) is 2. The van der Waals surface area contributed by atoms with E-state index in [1.165, 1.54) is 4.90 Å². The third-order valence-electron chi connectivity index (χ3n) is 5.69. The van der Waals surface area contributed by atoms with Crippen molar-refractivity contribution in [3.8, 4) is 23.0 Å². The number of nitrogens with zero attached hydrogens (tertiary/aromatic N) is 4. The monoisotopic (exact) mass is 492 g/mol. The van der Waals surface area contributed by atoms with Gasteiger partial charge in [-0.2, -0.15) is 10.4 Å². The normalized spacial score (nSPS) is 10.4. The Hall–Kier alpha value is -4.90. The second kappa shape index (κ2) is 12.2. The smallest absolute Gasteiger partial charge is 0.315 e. The van der Waals surface area contributed by atoms with Crippen LogP contribution in [-0.2, 0) is 4.79 Å². The highest BCUT2D eigenvalue weighted by Gasteiger charge is 2.19. The Morgan fingerprint density at radius 1 is 0.946 bits per heavy atom. The summed E-state index contributed by atoms with van der Waals surface area (Å²) >= 11 is 0. The second-order valence-corrected chi connectivity index (χ2v) is 8.47. The summed E-state index contributed by atoms with van der Waals surface area (Å²) in [5.41, 5.74) is 3.39. The highest BCUT2D eigenvalue weighted by Crippen LogP contribution is 2.24. The molecule has 0 saturated heterocycles. The van der Waals surface area contributed by atoms with Crippen molar-refractivity contribution in [2.45, 2.75) is 19.8 Å². The van der Waals surface area contributed by atoms with Gasteiger partial charge in [-0.15, -0.1) is 0 Å². The van der Waals surface area contributed by atoms with Crippen LogP contribution in [0.5, 0.6) is 0 Å². The van der Waals surface area contributed by atoms with E-state index < -0.39 is 6.03 Å². The van der Waals surface area contributed by atoms with Crippen LogP contribution in [0.15, 0.2) is 91.0 Å². The molecule has 0 fully saturated rings. The summed E-state index contributed by atoms with van der Waals surface area (Å²) in [6.07, 6.45) is 1.62. The predicted molar refractivity (Wildman–Crippen MR) is 144 cm³/mol. The van der Waals surface area contributed by atoms with Crippen molar-refractivity contribution in [1.82, 2.24) is 14.7 Å². The lowest BCUT2D eigenvalue weighted by molar-refractivity contribution is -0.116. The SMILES string of the molecule is CCCCN(CC(=O)Nc1cc(-c2ccccc2)nn1-c1ccccc1)C(=O)Nc1cccc(C#N)c1. The van der Waals surface area contributed by atoms with Crippen LogP contribution < -0.4 is 10.6 Å². The molecule has 3 aromatic carbocycles. The molecular weight excluding hydrogens is 464 g/mol. The fourth-order valence-corrected chi connectivity index (χ4v) is 3.81. The number of anilines is 2. The minimum absolute atomic E-state index is 0.135. The van der Waals surface area contributed by atoms with E-state index in [0.717, 1.165) is 29.8 Å². The number of benzene rings is 3. The van der Waals surface area contributed by atoms with Gasteiger partial charge in [0, 0.05) is 23.9 Å². The minimum atomic E-state index is -0.403. The molecule has 0 radical (unpaired) electrons. The van der Waals surface area contributed by atoms with Gasteiger partial charge < -0.3 is 15.5 Å². The zero-order valence-corrected chi connectivity index (χ0v) is 20.6. The van der Waals surface area contributed by atoms with E-state index in [4.69, 9.17) is 10.4 Å². The van der Waals surface area contributed by atoms with E-state index in [1.54, 1.807) is 28.9 Å². The Kier molecular flexibility index (Phi) is 8.29. The average molecular weight is 493 g/mol. The van der Waals surface area contributed by atoms with Crippen LogP contribution in [0.1, 0.15) is 25.3 Å². The molecule has 8 nitrogen and oxygen atoms in total. The van der Waals surface area contributed by atoms with Crippen LogP contribution in [0.3, 0.4) is 0 Å². The Balaban J connectivity index is 1.54. The number of para-hydroxylation sites is 1. The van der Waals surface area contributed by atoms with Gasteiger partial charge in [0.05, 0.1) is 23.0 Å². The third-order valence-corrected chi connectivity index (χ3v) is 5.69. The number of unbranched alkanes of at least 4 members (excludes halogenated alkanes) is 1. The van der Waals surface area contributed by atoms with Crippen molar-refractivity contribution in [1.29, 1.82) is 5.26 Å². The van der Waals surface area contributed by atoms with E-state index in [-0.39, 0.29) is 12.5 Å². The number of urea groups is 1. The number of hydrogen-bond acceptors (Lipinski definition) is 4. The predicted octanol–water partition coefficient (Wildman–Crippen LogP) is 5.68. The second-order valence-electron chi connectivity index (χ2n) is 8.47. The highest BCUT2D eigenvalue weighted by atomic mass is 16.2. The molecule has 1 heterocycles. The van der Waals surface area contributed by atoms with Crippen molar-refractivity contribution < 1.29 is 9.59 Å². The van der Waals surface area contributed by atoms with Crippen molar-refractivity contribution in [2.24, 2.45) is 0 Å². The average Bonchev–Trinajstić information content (AvgIpc) is 3.35. The van der Waals surface area contributed by atoms with Crippen LogP contribution >= 0.6 is 0 Å². The number of aromatic nitrogens is 2. The first kappa shape index (κ1) is 25.2. The van der Waals surface area contributed by atoms with Crippen molar-refractivity contribution in [3.63, 3.8) is 0 Å². The van der Waals surface area contributed by atoms with E-state index in [2.05, 4.69) is 16.7 Å². The topological polar surface area (TPSA) is 103 Å². The van der Waals surface area contributed by atoms with Crippen LogP contribution in [0.4, 0.5) is 16.3 Å². The van der Waals surface area contributed by atoms with Crippen molar-refractivity contribution >= 4 is 23.4 Å². The molecule has 0 aliphatic rings. The number of hydrogen-bond donors (Lipinski definition) is 2. The summed E-state index contributed by atoms with van der Waals surface area (Å²) < 4.78 is 1.68. The molecule has 0 atom stereocenters. The first-order valence-corrected chi connectivity index (χ1v) is 12.1. The maximum atomic E-state index is 13.2. The van der Waals surface area contributed by atoms with E-state index in [1.807, 2.05) is 73.7 Å². The summed E-state index contributed by atoms with van der Waals surface area (Å²) in [7, 11) is 0. The summed E-state index contributed by atoms with van der Waals surface area (Å²) in [6.45, 7) is 2.31. The lowest BCUT2D eigenvalue weighted by Crippen LogP contribution is -2.41. The van der Waals surface area contributed by atoms with Crippen LogP contribution in [0.25, 0.3) is 16.9 Å². The van der Waals surface area contributed by atoms with Gasteiger partial charge in [0.15, 0.2) is 0 Å². The lowest BCUT2D eigenvalue weighted by Gasteiger charge is -2.22. The van der Waals surface area contributed by atoms with E-state index in [0.29, 0.717) is 23.6 Å². The van der Waals surface area contributed by atoms with Crippen LogP contribution in [-0.4, -0.2) is 39.7 Å². The molecule has 0 saturated carbocycles. The van der Waals surface area contributed by atoms with Crippen LogP contribution in [0, 0.1) is 11.3 Å². The van der Waals surface area contributed by atoms with Crippen molar-refractivity contribution in [2.75, 3.05) is 23.7 Å². The Bertz CT molecular complexity index is 1390. The Labute approximate surface area is 216 Å². The quantitative estimate of drug-likeness (QED) is 0.314. The number of rotatable bonds is 9. The Morgan fingerprint density at radius 2 is 1.68 bits per heavy atom. The van der Waals surface area contributed by atoms with E-state index in [9.17, 15) is 9.59 Å². The fraction of sp³-hybridized carbons (Fsp3) is 0.172. The molecule has 0 aliphatic heterocycles. The molecule has 2 N–H and O–H groups in total. The molecule has 0 spiro atoms. The highest BCUT2D eigenvalue weighted by molar-refractivity contribution is 5.97. The maximum Gasteiger partial charge on any atom is 0.322 e. The largest absolute Gasteiger partial charge is 0.322 e. The Morgan fingerprint density at radius 3 is 2.38 bits per heavy atom. The van der Waals surface area contributed by atoms with Gasteiger partial charge in [-0.3, -0.25) is 4.79 Å². The van der Waals surface area contributed by atoms with Gasteiger partial charge in [-0.05, 0) is 36.8 Å². The summed E-state index contributed by atoms with van der Waals surface area (Å²) in [4.78, 5) is 27.6. The fourth-order valence-electron chi connectivity index (χ4n) is 3.81. The number of carbonyl (C=O) groups is 2. The van der Waals surface area contributed by atoms with E-state index >= 15 is 0 Å². The zero-order valence-electron chi connectivity index (χ0n) is 20.6. The summed E-state index contributed by atoms with van der Waals surface area (Å²) in [5, 5.41) is 19.6. The van der Waals surface area contributed by atoms with Gasteiger partial charge in [-0.1, -0.05) is 67.9 Å². The van der Waals surface area contributed by atoms with Crippen molar-refractivity contribution in [3.05, 3.63) is 96.6 Å². The molecule has 8 heteroatoms. The maximum absolute atomic E-state index is 13.2. The van der Waals surface area contributed by atoms with Crippen LogP contribution in [0.2, 0.25) is 0 Å². The first-order chi connectivity index (χ1) is 18.1. The van der Waals surface area contributed by atoms with Gasteiger partial charge in [-0.25, -0.2) is 9.48 Å². The first-order valence-electron chi connectivity index (χ1n) is 12.1. The lowest BCUT2D eigenvalue weighted by atomic mass is 10.1. The molecule has 0 unspecified atom stereocenters. The molecule has 4 rings (SSSR count). The third kappa shape index (κ3) is 6.61. The van der Waals surface area contributed by atoms with Gasteiger partial charge >= 0.3 is 6.03 Å². The number of carbonyl (C=O) groups excluding carboxylic acids is 2. The zero-order chi connectivity index (χ0) is 26.0. The molecule has 0 bridgehead atoms. The number of amides is 3. The molecule has 1 aromatic heterocycles. The summed E-state index contributed by atoms with van der Waals surface area (Å²) in [6, 6.07) is 29.4.